The maximum Gasteiger partial charge on any atom is 0.144 e. The Morgan fingerprint density at radius 3 is 2.81 bits per heavy atom. The van der Waals surface area contributed by atoms with E-state index in [1.54, 1.807) is 19.2 Å². The Bertz CT molecular complexity index is 409. The summed E-state index contributed by atoms with van der Waals surface area (Å²) >= 11 is 5.87. The molecule has 1 aromatic carbocycles. The molecule has 16 heavy (non-hydrogen) atoms. The summed E-state index contributed by atoms with van der Waals surface area (Å²) < 4.78 is 31.5. The van der Waals surface area contributed by atoms with Crippen LogP contribution in [-0.4, -0.2) is 28.7 Å². The molecule has 89 valence electrons. The van der Waals surface area contributed by atoms with Crippen molar-refractivity contribution in [2.75, 3.05) is 20.3 Å². The molecule has 1 radical (unpaired) electrons. The van der Waals surface area contributed by atoms with E-state index in [0.717, 1.165) is 0 Å². The second-order valence-electron chi connectivity index (χ2n) is 2.98. The number of rotatable bonds is 6. The number of ether oxygens (including phenoxy) is 2. The van der Waals surface area contributed by atoms with Crippen LogP contribution in [-0.2, 0) is 21.2 Å². The molecule has 0 N–H and O–H groups in total. The Morgan fingerprint density at radius 2 is 2.19 bits per heavy atom. The number of hydrogen-bond acceptors (Lipinski definition) is 4. The Hall–Kier alpha value is -0.780. The smallest absolute Gasteiger partial charge is 0.144 e. The first kappa shape index (κ1) is 13.3. The number of hydrogen-bond donors (Lipinski definition) is 1. The van der Waals surface area contributed by atoms with Crippen molar-refractivity contribution in [1.82, 2.24) is 0 Å². The first-order valence-corrected chi connectivity index (χ1v) is 6.32. The summed E-state index contributed by atoms with van der Waals surface area (Å²) in [5.74, 6) is 0.270. The highest BCUT2D eigenvalue weighted by atomic mass is 35.5. The maximum atomic E-state index is 10.7. The monoisotopic (exact) mass is 263 g/mol. The molecule has 0 atom stereocenters. The molecule has 0 aliphatic carbocycles. The molecule has 1 aromatic rings. The Morgan fingerprint density at radius 1 is 1.44 bits per heavy atom. The molecule has 0 heterocycles. The lowest BCUT2D eigenvalue weighted by Crippen LogP contribution is -2.06. The van der Waals surface area contributed by atoms with Gasteiger partial charge in [-0.25, -0.2) is 8.42 Å². The average Bonchev–Trinajstić information content (AvgIpc) is 2.21. The molecule has 1 rings (SSSR count). The highest BCUT2D eigenvalue weighted by molar-refractivity contribution is 7.71. The second-order valence-corrected chi connectivity index (χ2v) is 4.34. The summed E-state index contributed by atoms with van der Waals surface area (Å²) in [6.07, 6.45) is 0. The molecule has 6 heteroatoms. The molecule has 0 spiro atoms. The molecule has 0 fully saturated rings. The number of halogens is 1. The summed E-state index contributed by atoms with van der Waals surface area (Å²) in [5.41, 5.74) is 0.538. The van der Waals surface area contributed by atoms with Crippen LogP contribution in [0, 0.1) is 6.07 Å². The lowest BCUT2D eigenvalue weighted by atomic mass is 10.2. The van der Waals surface area contributed by atoms with E-state index in [0.29, 0.717) is 24.5 Å². The van der Waals surface area contributed by atoms with Crippen molar-refractivity contribution in [3.63, 3.8) is 0 Å². The van der Waals surface area contributed by atoms with Crippen molar-refractivity contribution in [3.05, 3.63) is 28.8 Å². The zero-order valence-corrected chi connectivity index (χ0v) is 10.4. The highest BCUT2D eigenvalue weighted by Crippen LogP contribution is 2.28. The first-order valence-electron chi connectivity index (χ1n) is 4.57. The zero-order chi connectivity index (χ0) is 12.0. The molecule has 4 nitrogen and oxygen atoms in total. The van der Waals surface area contributed by atoms with Crippen LogP contribution in [0.5, 0.6) is 5.75 Å². The van der Waals surface area contributed by atoms with Gasteiger partial charge in [0.05, 0.1) is 17.4 Å². The molecule has 0 unspecified atom stereocenters. The summed E-state index contributed by atoms with van der Waals surface area (Å²) in [6, 6.07) is 5.94. The van der Waals surface area contributed by atoms with Gasteiger partial charge in [0.25, 0.3) is 0 Å². The van der Waals surface area contributed by atoms with Crippen LogP contribution in [0.25, 0.3) is 0 Å². The van der Waals surface area contributed by atoms with E-state index in [2.05, 4.69) is 6.07 Å². The van der Waals surface area contributed by atoms with Gasteiger partial charge in [-0.05, 0) is 0 Å². The largest absolute Gasteiger partial charge is 0.489 e. The maximum absolute atomic E-state index is 10.7. The minimum Gasteiger partial charge on any atom is -0.489 e. The van der Waals surface area contributed by atoms with E-state index in [-0.39, 0.29) is 10.8 Å². The van der Waals surface area contributed by atoms with E-state index in [4.69, 9.17) is 21.1 Å². The normalized spacial score (nSPS) is 10.7. The third-order valence-electron chi connectivity index (χ3n) is 1.82. The summed E-state index contributed by atoms with van der Waals surface area (Å²) in [7, 11) is -0.955. The fourth-order valence-corrected chi connectivity index (χ4v) is 1.91. The standard InChI is InChI=1S/C10H12ClO4S/c1-14-5-6-15-10-8(7-16(12)13)3-2-4-9(10)11/h2-3,16H,5-7H2,1H3. The van der Waals surface area contributed by atoms with Gasteiger partial charge in [0.15, 0.2) is 0 Å². The van der Waals surface area contributed by atoms with Gasteiger partial charge in [-0.3, -0.25) is 0 Å². The third kappa shape index (κ3) is 4.00. The van der Waals surface area contributed by atoms with Crippen molar-refractivity contribution in [3.8, 4) is 5.75 Å². The van der Waals surface area contributed by atoms with Gasteiger partial charge in [-0.2, -0.15) is 0 Å². The van der Waals surface area contributed by atoms with Crippen LogP contribution in [0.4, 0.5) is 0 Å². The Labute approximate surface area is 101 Å². The highest BCUT2D eigenvalue weighted by Gasteiger charge is 2.09. The minimum atomic E-state index is -2.51. The summed E-state index contributed by atoms with van der Waals surface area (Å²) in [5, 5.41) is 0.283. The van der Waals surface area contributed by atoms with Crippen molar-refractivity contribution in [2.45, 2.75) is 5.75 Å². The molecule has 0 aromatic heterocycles. The molecule has 0 bridgehead atoms. The number of thiol groups is 1. The zero-order valence-electron chi connectivity index (χ0n) is 8.73. The molecule has 0 amide bonds. The average molecular weight is 264 g/mol. The van der Waals surface area contributed by atoms with Crippen molar-refractivity contribution in [1.29, 1.82) is 0 Å². The second kappa shape index (κ2) is 6.73. The first-order chi connectivity index (χ1) is 7.65. The summed E-state index contributed by atoms with van der Waals surface area (Å²) in [4.78, 5) is 0. The molecule has 0 aliphatic heterocycles. The van der Waals surface area contributed by atoms with Gasteiger partial charge < -0.3 is 9.47 Å². The lowest BCUT2D eigenvalue weighted by Gasteiger charge is -2.10. The fourth-order valence-electron chi connectivity index (χ4n) is 1.14. The lowest BCUT2D eigenvalue weighted by molar-refractivity contribution is 0.146. The third-order valence-corrected chi connectivity index (χ3v) is 2.70. The topological polar surface area (TPSA) is 52.6 Å². The van der Waals surface area contributed by atoms with E-state index in [9.17, 15) is 8.42 Å². The van der Waals surface area contributed by atoms with Crippen LogP contribution in [0.2, 0.25) is 5.02 Å². The van der Waals surface area contributed by atoms with E-state index in [1.807, 2.05) is 0 Å². The number of benzene rings is 1. The fraction of sp³-hybridized carbons (Fsp3) is 0.400. The van der Waals surface area contributed by atoms with Crippen molar-refractivity contribution in [2.24, 2.45) is 0 Å². The Balaban J connectivity index is 2.85. The van der Waals surface area contributed by atoms with Crippen molar-refractivity contribution >= 4 is 22.3 Å². The minimum absolute atomic E-state index is 0.0912. The van der Waals surface area contributed by atoms with Crippen LogP contribution in [0.3, 0.4) is 0 Å². The van der Waals surface area contributed by atoms with E-state index >= 15 is 0 Å². The van der Waals surface area contributed by atoms with Crippen LogP contribution < -0.4 is 4.74 Å². The van der Waals surface area contributed by atoms with Gasteiger partial charge in [0.1, 0.15) is 23.1 Å². The van der Waals surface area contributed by atoms with Crippen LogP contribution >= 0.6 is 11.6 Å². The van der Waals surface area contributed by atoms with Gasteiger partial charge >= 0.3 is 0 Å². The predicted octanol–water partition coefficient (Wildman–Crippen LogP) is 1.28. The van der Waals surface area contributed by atoms with E-state index < -0.39 is 10.7 Å². The number of methoxy groups -OCH3 is 1. The van der Waals surface area contributed by atoms with Gasteiger partial charge in [0.2, 0.25) is 0 Å². The Kier molecular flexibility index (Phi) is 5.59. The van der Waals surface area contributed by atoms with Gasteiger partial charge in [-0.15, -0.1) is 0 Å². The molecule has 0 saturated carbocycles. The van der Waals surface area contributed by atoms with Crippen LogP contribution in [0.1, 0.15) is 5.56 Å². The molecule has 0 saturated heterocycles. The SMILES string of the molecule is COCCOc1c(Cl)[c]ccc1C[SH](=O)=O. The van der Waals surface area contributed by atoms with Gasteiger partial charge in [-0.1, -0.05) is 23.7 Å². The molecular formula is C10H12ClO4S. The predicted molar refractivity (Wildman–Crippen MR) is 61.7 cm³/mol. The quantitative estimate of drug-likeness (QED) is 0.621. The van der Waals surface area contributed by atoms with E-state index in [1.165, 1.54) is 0 Å². The molecular weight excluding hydrogens is 252 g/mol. The van der Waals surface area contributed by atoms with Crippen molar-refractivity contribution < 1.29 is 17.9 Å². The van der Waals surface area contributed by atoms with Crippen LogP contribution in [0.15, 0.2) is 12.1 Å². The summed E-state index contributed by atoms with van der Waals surface area (Å²) in [6.45, 7) is 0.727. The van der Waals surface area contributed by atoms with Gasteiger partial charge in [0, 0.05) is 18.7 Å². The molecule has 0 aliphatic rings.